The summed E-state index contributed by atoms with van der Waals surface area (Å²) in [6, 6.07) is 0. The maximum atomic E-state index is 6.33. The van der Waals surface area contributed by atoms with Gasteiger partial charge in [0.05, 0.1) is 24.4 Å². The van der Waals surface area contributed by atoms with Gasteiger partial charge in [-0.15, -0.1) is 0 Å². The third-order valence-corrected chi connectivity index (χ3v) is 6.14. The van der Waals surface area contributed by atoms with E-state index in [2.05, 4.69) is 39.8 Å². The van der Waals surface area contributed by atoms with Crippen molar-refractivity contribution in [3.8, 4) is 0 Å². The zero-order valence-electron chi connectivity index (χ0n) is 13.2. The summed E-state index contributed by atoms with van der Waals surface area (Å²) in [5.41, 5.74) is 0. The van der Waals surface area contributed by atoms with Crippen molar-refractivity contribution in [1.82, 2.24) is 0 Å². The monoisotopic (exact) mass is 276 g/mol. The molecule has 112 valence electrons. The molecule has 3 saturated carbocycles. The van der Waals surface area contributed by atoms with Gasteiger partial charge in [0.1, 0.15) is 0 Å². The Kier molecular flexibility index (Phi) is 3.05. The summed E-state index contributed by atoms with van der Waals surface area (Å²) in [6.07, 6.45) is 9.06. The maximum absolute atomic E-state index is 6.33. The first-order valence-corrected chi connectivity index (χ1v) is 8.55. The first-order valence-electron chi connectivity index (χ1n) is 8.55. The summed E-state index contributed by atoms with van der Waals surface area (Å²) in [7, 11) is 0. The SMILES string of the molecule is CC(C)OC1C2CC(C1OC(C)C)C1C3C=CC(C3)C21. The van der Waals surface area contributed by atoms with Gasteiger partial charge in [-0.1, -0.05) is 12.2 Å². The van der Waals surface area contributed by atoms with Crippen LogP contribution in [-0.4, -0.2) is 24.4 Å². The minimum Gasteiger partial charge on any atom is -0.373 e. The number of rotatable bonds is 4. The maximum Gasteiger partial charge on any atom is 0.0874 e. The van der Waals surface area contributed by atoms with Gasteiger partial charge in [-0.2, -0.15) is 0 Å². The molecule has 20 heavy (non-hydrogen) atoms. The minimum absolute atomic E-state index is 0.310. The van der Waals surface area contributed by atoms with Crippen LogP contribution < -0.4 is 0 Å². The lowest BCUT2D eigenvalue weighted by Gasteiger charge is -2.42. The van der Waals surface area contributed by atoms with Gasteiger partial charge in [0, 0.05) is 0 Å². The van der Waals surface area contributed by atoms with Crippen LogP contribution in [0.1, 0.15) is 40.5 Å². The molecule has 4 bridgehead atoms. The fraction of sp³-hybridized carbons (Fsp3) is 0.889. The van der Waals surface area contributed by atoms with Crippen molar-refractivity contribution in [2.24, 2.45) is 35.5 Å². The van der Waals surface area contributed by atoms with Crippen LogP contribution in [0.15, 0.2) is 12.2 Å². The van der Waals surface area contributed by atoms with Crippen LogP contribution in [0, 0.1) is 35.5 Å². The average molecular weight is 276 g/mol. The third kappa shape index (κ3) is 1.77. The molecular weight excluding hydrogens is 248 g/mol. The Labute approximate surface area is 122 Å². The Balaban J connectivity index is 1.61. The Bertz CT molecular complexity index is 378. The first-order chi connectivity index (χ1) is 9.56. The van der Waals surface area contributed by atoms with Gasteiger partial charge < -0.3 is 9.47 Å². The van der Waals surface area contributed by atoms with Crippen molar-refractivity contribution in [1.29, 1.82) is 0 Å². The van der Waals surface area contributed by atoms with Crippen LogP contribution in [0.4, 0.5) is 0 Å². The second-order valence-corrected chi connectivity index (χ2v) is 7.97. The normalized spacial score (nSPS) is 51.7. The van der Waals surface area contributed by atoms with Crippen molar-refractivity contribution >= 4 is 0 Å². The van der Waals surface area contributed by atoms with E-state index in [0.29, 0.717) is 24.4 Å². The smallest absolute Gasteiger partial charge is 0.0874 e. The molecule has 0 aliphatic heterocycles. The molecule has 0 saturated heterocycles. The quantitative estimate of drug-likeness (QED) is 0.576. The van der Waals surface area contributed by atoms with Crippen LogP contribution in [0.3, 0.4) is 0 Å². The van der Waals surface area contributed by atoms with Gasteiger partial charge in [0.15, 0.2) is 0 Å². The van der Waals surface area contributed by atoms with Crippen molar-refractivity contribution in [3.05, 3.63) is 12.2 Å². The van der Waals surface area contributed by atoms with Gasteiger partial charge >= 0.3 is 0 Å². The summed E-state index contributed by atoms with van der Waals surface area (Å²) < 4.78 is 12.7. The highest BCUT2D eigenvalue weighted by Crippen LogP contribution is 2.66. The lowest BCUT2D eigenvalue weighted by atomic mass is 9.71. The van der Waals surface area contributed by atoms with Crippen LogP contribution in [0.5, 0.6) is 0 Å². The first kappa shape index (κ1) is 13.3. The standard InChI is InChI=1S/C18H28O2/c1-9(2)19-17-13-8-14(18(17)20-10(3)4)16-12-6-5-11(7-12)15(13)16/h5-6,9-18H,7-8H2,1-4H3. The van der Waals surface area contributed by atoms with Gasteiger partial charge in [-0.05, 0) is 76.0 Å². The van der Waals surface area contributed by atoms with Gasteiger partial charge in [-0.25, -0.2) is 0 Å². The van der Waals surface area contributed by atoms with Gasteiger partial charge in [-0.3, -0.25) is 0 Å². The molecule has 4 aliphatic carbocycles. The summed E-state index contributed by atoms with van der Waals surface area (Å²) in [6.45, 7) is 8.65. The zero-order valence-corrected chi connectivity index (χ0v) is 13.2. The van der Waals surface area contributed by atoms with Crippen molar-refractivity contribution in [2.45, 2.75) is 65.0 Å². The highest BCUT2D eigenvalue weighted by Gasteiger charge is 2.65. The van der Waals surface area contributed by atoms with E-state index in [0.717, 1.165) is 35.5 Å². The van der Waals surface area contributed by atoms with Crippen LogP contribution >= 0.6 is 0 Å². The number of hydrogen-bond donors (Lipinski definition) is 0. The molecule has 8 atom stereocenters. The highest BCUT2D eigenvalue weighted by molar-refractivity contribution is 5.23. The molecular formula is C18H28O2. The predicted molar refractivity (Wildman–Crippen MR) is 79.3 cm³/mol. The number of fused-ring (bicyclic) bond motifs is 9. The van der Waals surface area contributed by atoms with E-state index in [9.17, 15) is 0 Å². The van der Waals surface area contributed by atoms with E-state index in [1.165, 1.54) is 12.8 Å². The van der Waals surface area contributed by atoms with E-state index in [1.807, 2.05) is 0 Å². The molecule has 0 aromatic rings. The van der Waals surface area contributed by atoms with Gasteiger partial charge in [0.2, 0.25) is 0 Å². The summed E-state index contributed by atoms with van der Waals surface area (Å²) >= 11 is 0. The Morgan fingerprint density at radius 2 is 1.20 bits per heavy atom. The molecule has 4 aliphatic rings. The van der Waals surface area contributed by atoms with Crippen LogP contribution in [0.25, 0.3) is 0 Å². The predicted octanol–water partition coefficient (Wildman–Crippen LogP) is 3.66. The molecule has 0 aromatic heterocycles. The van der Waals surface area contributed by atoms with Crippen LogP contribution in [0.2, 0.25) is 0 Å². The highest BCUT2D eigenvalue weighted by atomic mass is 16.6. The molecule has 4 rings (SSSR count). The molecule has 0 spiro atoms. The summed E-state index contributed by atoms with van der Waals surface area (Å²) in [4.78, 5) is 0. The van der Waals surface area contributed by atoms with Crippen molar-refractivity contribution in [2.75, 3.05) is 0 Å². The Hall–Kier alpha value is -0.340. The van der Waals surface area contributed by atoms with Crippen molar-refractivity contribution < 1.29 is 9.47 Å². The second kappa shape index (κ2) is 4.58. The van der Waals surface area contributed by atoms with E-state index in [-0.39, 0.29) is 0 Å². The molecule has 2 nitrogen and oxygen atoms in total. The largest absolute Gasteiger partial charge is 0.373 e. The summed E-state index contributed by atoms with van der Waals surface area (Å²) in [5.74, 6) is 4.97. The molecule has 8 unspecified atom stereocenters. The second-order valence-electron chi connectivity index (χ2n) is 7.97. The fourth-order valence-corrected chi connectivity index (χ4v) is 5.91. The van der Waals surface area contributed by atoms with E-state index in [4.69, 9.17) is 9.47 Å². The molecule has 0 radical (unpaired) electrons. The zero-order chi connectivity index (χ0) is 14.0. The van der Waals surface area contributed by atoms with Crippen LogP contribution in [-0.2, 0) is 9.47 Å². The molecule has 0 heterocycles. The number of ether oxygens (including phenoxy) is 2. The van der Waals surface area contributed by atoms with E-state index in [1.54, 1.807) is 0 Å². The lowest BCUT2D eigenvalue weighted by molar-refractivity contribution is -0.152. The molecule has 0 N–H and O–H groups in total. The molecule has 2 heteroatoms. The Morgan fingerprint density at radius 3 is 1.60 bits per heavy atom. The molecule has 0 aromatic carbocycles. The number of hydrogen-bond acceptors (Lipinski definition) is 2. The topological polar surface area (TPSA) is 18.5 Å². The minimum atomic E-state index is 0.310. The van der Waals surface area contributed by atoms with E-state index < -0.39 is 0 Å². The average Bonchev–Trinajstić information content (AvgIpc) is 3.06. The number of allylic oxidation sites excluding steroid dienone is 2. The third-order valence-electron chi connectivity index (χ3n) is 6.14. The van der Waals surface area contributed by atoms with Gasteiger partial charge in [0.25, 0.3) is 0 Å². The summed E-state index contributed by atoms with van der Waals surface area (Å²) in [5, 5.41) is 0. The molecule has 0 amide bonds. The lowest BCUT2D eigenvalue weighted by Crippen LogP contribution is -2.47. The van der Waals surface area contributed by atoms with Crippen molar-refractivity contribution in [3.63, 3.8) is 0 Å². The van der Waals surface area contributed by atoms with E-state index >= 15 is 0 Å². The fourth-order valence-electron chi connectivity index (χ4n) is 5.91. The Morgan fingerprint density at radius 1 is 0.750 bits per heavy atom. The molecule has 3 fully saturated rings.